The fraction of sp³-hybridized carbons (Fsp3) is 0.150. The molecule has 8 nitrogen and oxygen atoms in total. The van der Waals surface area contributed by atoms with Crippen molar-refractivity contribution in [3.63, 3.8) is 0 Å². The molecular formula is C20H14F4N6O2. The van der Waals surface area contributed by atoms with Crippen LogP contribution in [0.4, 0.5) is 23.2 Å². The molecule has 0 spiro atoms. The standard InChI is InChI=1S/C20H14F4N6O2/c21-14-3-1-2-12(8-14)9-30-18-17(27-28-30)19(32)29(11-25-18)10-16(31)26-15-6-4-13(5-7-15)20(22,23)24/h1-8,11H,9-10H2,(H,26,31). The molecule has 0 bridgehead atoms. The number of rotatable bonds is 5. The van der Waals surface area contributed by atoms with E-state index in [1.165, 1.54) is 16.8 Å². The summed E-state index contributed by atoms with van der Waals surface area (Å²) in [7, 11) is 0. The minimum absolute atomic E-state index is 0.0776. The number of alkyl halides is 3. The predicted molar refractivity (Wildman–Crippen MR) is 105 cm³/mol. The molecule has 0 fully saturated rings. The molecule has 0 saturated heterocycles. The summed E-state index contributed by atoms with van der Waals surface area (Å²) in [5.74, 6) is -1.05. The second-order valence-electron chi connectivity index (χ2n) is 6.85. The van der Waals surface area contributed by atoms with Crippen LogP contribution in [0.15, 0.2) is 59.7 Å². The van der Waals surface area contributed by atoms with Gasteiger partial charge in [-0.05, 0) is 42.0 Å². The monoisotopic (exact) mass is 446 g/mol. The lowest BCUT2D eigenvalue weighted by Gasteiger charge is -2.09. The van der Waals surface area contributed by atoms with Gasteiger partial charge < -0.3 is 5.32 Å². The molecule has 164 valence electrons. The molecule has 1 N–H and O–H groups in total. The lowest BCUT2D eigenvalue weighted by molar-refractivity contribution is -0.137. The zero-order valence-corrected chi connectivity index (χ0v) is 16.2. The van der Waals surface area contributed by atoms with E-state index in [0.29, 0.717) is 5.56 Å². The first-order valence-electron chi connectivity index (χ1n) is 9.21. The molecule has 0 aliphatic heterocycles. The number of aromatic nitrogens is 5. The van der Waals surface area contributed by atoms with Gasteiger partial charge in [-0.2, -0.15) is 13.2 Å². The number of hydrogen-bond donors (Lipinski definition) is 1. The van der Waals surface area contributed by atoms with Gasteiger partial charge in [0.2, 0.25) is 5.91 Å². The van der Waals surface area contributed by atoms with Crippen molar-refractivity contribution in [1.82, 2.24) is 24.5 Å². The van der Waals surface area contributed by atoms with Crippen LogP contribution in [0.2, 0.25) is 0 Å². The van der Waals surface area contributed by atoms with Crippen LogP contribution in [0, 0.1) is 5.82 Å². The van der Waals surface area contributed by atoms with Gasteiger partial charge in [0.05, 0.1) is 12.1 Å². The van der Waals surface area contributed by atoms with Crippen LogP contribution in [0.25, 0.3) is 11.2 Å². The number of carbonyl (C=O) groups excluding carboxylic acids is 1. The lowest BCUT2D eigenvalue weighted by atomic mass is 10.2. The van der Waals surface area contributed by atoms with Crippen LogP contribution in [-0.4, -0.2) is 30.5 Å². The van der Waals surface area contributed by atoms with Gasteiger partial charge in [-0.3, -0.25) is 14.2 Å². The summed E-state index contributed by atoms with van der Waals surface area (Å²) in [6.45, 7) is -0.293. The highest BCUT2D eigenvalue weighted by atomic mass is 19.4. The Morgan fingerprint density at radius 3 is 2.53 bits per heavy atom. The van der Waals surface area contributed by atoms with Crippen molar-refractivity contribution in [1.29, 1.82) is 0 Å². The van der Waals surface area contributed by atoms with Crippen molar-refractivity contribution >= 4 is 22.8 Å². The molecule has 0 radical (unpaired) electrons. The van der Waals surface area contributed by atoms with Gasteiger partial charge >= 0.3 is 6.18 Å². The van der Waals surface area contributed by atoms with Crippen LogP contribution in [-0.2, 0) is 24.1 Å². The Morgan fingerprint density at radius 1 is 1.09 bits per heavy atom. The Morgan fingerprint density at radius 2 is 1.84 bits per heavy atom. The highest BCUT2D eigenvalue weighted by molar-refractivity contribution is 5.90. The van der Waals surface area contributed by atoms with E-state index in [0.717, 1.165) is 35.2 Å². The number of carbonyl (C=O) groups is 1. The highest BCUT2D eigenvalue weighted by Crippen LogP contribution is 2.29. The highest BCUT2D eigenvalue weighted by Gasteiger charge is 2.30. The molecule has 2 aromatic heterocycles. The van der Waals surface area contributed by atoms with Gasteiger partial charge in [0.1, 0.15) is 18.7 Å². The predicted octanol–water partition coefficient (Wildman–Crippen LogP) is 2.83. The molecule has 32 heavy (non-hydrogen) atoms. The van der Waals surface area contributed by atoms with Crippen molar-refractivity contribution < 1.29 is 22.4 Å². The molecular weight excluding hydrogens is 432 g/mol. The van der Waals surface area contributed by atoms with E-state index in [1.54, 1.807) is 12.1 Å². The number of anilines is 1. The SMILES string of the molecule is O=C(Cn1cnc2c(nnn2Cc2cccc(F)c2)c1=O)Nc1ccc(C(F)(F)F)cc1. The summed E-state index contributed by atoms with van der Waals surface area (Å²) in [6, 6.07) is 9.75. The van der Waals surface area contributed by atoms with Crippen molar-refractivity contribution in [3.8, 4) is 0 Å². The Balaban J connectivity index is 1.49. The average molecular weight is 446 g/mol. The third-order valence-electron chi connectivity index (χ3n) is 4.52. The molecule has 4 aromatic rings. The molecule has 0 unspecified atom stereocenters. The number of halogens is 4. The molecule has 0 aliphatic carbocycles. The van der Waals surface area contributed by atoms with Crippen molar-refractivity contribution in [2.45, 2.75) is 19.3 Å². The number of nitrogens with one attached hydrogen (secondary N) is 1. The largest absolute Gasteiger partial charge is 0.416 e. The van der Waals surface area contributed by atoms with Crippen LogP contribution in [0.5, 0.6) is 0 Å². The molecule has 0 aliphatic rings. The first kappa shape index (κ1) is 21.2. The normalized spacial score (nSPS) is 11.6. The Bertz CT molecular complexity index is 1340. The first-order chi connectivity index (χ1) is 15.2. The zero-order valence-electron chi connectivity index (χ0n) is 16.2. The van der Waals surface area contributed by atoms with Crippen molar-refractivity contribution in [3.05, 3.63) is 82.2 Å². The van der Waals surface area contributed by atoms with Gasteiger partial charge in [0, 0.05) is 5.69 Å². The number of fused-ring (bicyclic) bond motifs is 1. The van der Waals surface area contributed by atoms with Crippen LogP contribution >= 0.6 is 0 Å². The molecule has 4 rings (SSSR count). The Kier molecular flexibility index (Phi) is 5.43. The third-order valence-corrected chi connectivity index (χ3v) is 4.52. The topological polar surface area (TPSA) is 94.7 Å². The van der Waals surface area contributed by atoms with Gasteiger partial charge in [0.15, 0.2) is 11.2 Å². The molecule has 12 heteroatoms. The smallest absolute Gasteiger partial charge is 0.325 e. The Hall–Kier alpha value is -4.09. The maximum absolute atomic E-state index is 13.4. The van der Waals surface area contributed by atoms with Crippen molar-refractivity contribution in [2.75, 3.05) is 5.32 Å². The van der Waals surface area contributed by atoms with E-state index in [-0.39, 0.29) is 23.4 Å². The summed E-state index contributed by atoms with van der Waals surface area (Å²) in [4.78, 5) is 29.0. The average Bonchev–Trinajstić information content (AvgIpc) is 3.13. The molecule has 1 amide bonds. The second kappa shape index (κ2) is 8.21. The minimum atomic E-state index is -4.48. The third kappa shape index (κ3) is 4.48. The van der Waals surface area contributed by atoms with E-state index in [2.05, 4.69) is 20.6 Å². The number of benzene rings is 2. The molecule has 0 saturated carbocycles. The van der Waals surface area contributed by atoms with Gasteiger partial charge in [-0.25, -0.2) is 14.1 Å². The van der Waals surface area contributed by atoms with Gasteiger partial charge in [-0.1, -0.05) is 17.3 Å². The fourth-order valence-electron chi connectivity index (χ4n) is 3.01. The lowest BCUT2D eigenvalue weighted by Crippen LogP contribution is -2.28. The summed E-state index contributed by atoms with van der Waals surface area (Å²) in [6.07, 6.45) is -3.34. The minimum Gasteiger partial charge on any atom is -0.325 e. The number of nitrogens with zero attached hydrogens (tertiary/aromatic N) is 5. The maximum Gasteiger partial charge on any atom is 0.416 e. The summed E-state index contributed by atoms with van der Waals surface area (Å²) >= 11 is 0. The second-order valence-corrected chi connectivity index (χ2v) is 6.85. The van der Waals surface area contributed by atoms with Crippen LogP contribution in [0.3, 0.4) is 0 Å². The van der Waals surface area contributed by atoms with E-state index >= 15 is 0 Å². The quantitative estimate of drug-likeness (QED) is 0.476. The van der Waals surface area contributed by atoms with E-state index in [4.69, 9.17) is 0 Å². The van der Waals surface area contributed by atoms with Gasteiger partial charge in [-0.15, -0.1) is 5.10 Å². The first-order valence-corrected chi connectivity index (χ1v) is 9.21. The van der Waals surface area contributed by atoms with Crippen LogP contribution in [0.1, 0.15) is 11.1 Å². The zero-order chi connectivity index (χ0) is 22.9. The molecule has 0 atom stereocenters. The fourth-order valence-corrected chi connectivity index (χ4v) is 3.01. The van der Waals surface area contributed by atoms with E-state index < -0.39 is 35.6 Å². The molecule has 2 heterocycles. The maximum atomic E-state index is 13.4. The summed E-state index contributed by atoms with van der Waals surface area (Å²) in [5, 5.41) is 10.1. The van der Waals surface area contributed by atoms with Gasteiger partial charge in [0.25, 0.3) is 5.56 Å². The number of hydrogen-bond acceptors (Lipinski definition) is 5. The summed E-state index contributed by atoms with van der Waals surface area (Å²) in [5.41, 5.74) is -0.638. The number of amides is 1. The summed E-state index contributed by atoms with van der Waals surface area (Å²) < 4.78 is 53.6. The van der Waals surface area contributed by atoms with Crippen molar-refractivity contribution in [2.24, 2.45) is 0 Å². The van der Waals surface area contributed by atoms with E-state index in [1.807, 2.05) is 0 Å². The van der Waals surface area contributed by atoms with E-state index in [9.17, 15) is 27.2 Å². The van der Waals surface area contributed by atoms with Crippen LogP contribution < -0.4 is 10.9 Å². The molecule has 2 aromatic carbocycles. The Labute approximate surface area is 177 Å².